The van der Waals surface area contributed by atoms with Crippen LogP contribution in [0.3, 0.4) is 0 Å². The number of hydrogen-bond donors (Lipinski definition) is 1. The molecule has 0 saturated heterocycles. The molecule has 0 radical (unpaired) electrons. The average molecular weight is 326 g/mol. The molecule has 1 amide bonds. The highest BCUT2D eigenvalue weighted by Crippen LogP contribution is 2.31. The highest BCUT2D eigenvalue weighted by Gasteiger charge is 2.31. The lowest BCUT2D eigenvalue weighted by atomic mass is 9.97. The van der Waals surface area contributed by atoms with Crippen molar-refractivity contribution in [3.63, 3.8) is 0 Å². The van der Waals surface area contributed by atoms with Crippen molar-refractivity contribution in [1.82, 2.24) is 5.32 Å². The summed E-state index contributed by atoms with van der Waals surface area (Å²) < 4.78 is 5.96. The Bertz CT molecular complexity index is 475. The summed E-state index contributed by atoms with van der Waals surface area (Å²) in [4.78, 5) is 12.3. The van der Waals surface area contributed by atoms with Crippen LogP contribution in [0.4, 0.5) is 0 Å². The second kappa shape index (κ2) is 5.95. The quantitative estimate of drug-likeness (QED) is 0.921. The predicted octanol–water partition coefficient (Wildman–Crippen LogP) is 3.62. The molecule has 0 aromatic heterocycles. The number of amides is 1. The van der Waals surface area contributed by atoms with Crippen molar-refractivity contribution in [2.45, 2.75) is 32.7 Å². The van der Waals surface area contributed by atoms with Gasteiger partial charge in [0.2, 0.25) is 0 Å². The smallest absolute Gasteiger partial charge is 0.252 e. The van der Waals surface area contributed by atoms with Crippen LogP contribution in [0.5, 0.6) is 5.75 Å². The standard InChI is InChI=1S/C15H20BrNO2/c1-9-4-7-14(10(9)2)17-15(18)12-8-11(19-3)5-6-13(12)16/h5-6,8-10,14H,4,7H2,1-3H3,(H,17,18). The summed E-state index contributed by atoms with van der Waals surface area (Å²) in [6, 6.07) is 5.72. The monoisotopic (exact) mass is 325 g/mol. The van der Waals surface area contributed by atoms with Crippen molar-refractivity contribution >= 4 is 21.8 Å². The first-order valence-electron chi connectivity index (χ1n) is 6.67. The highest BCUT2D eigenvalue weighted by atomic mass is 79.9. The van der Waals surface area contributed by atoms with Crippen molar-refractivity contribution in [3.05, 3.63) is 28.2 Å². The summed E-state index contributed by atoms with van der Waals surface area (Å²) in [6.45, 7) is 4.46. The fourth-order valence-corrected chi connectivity index (χ4v) is 3.05. The maximum absolute atomic E-state index is 12.3. The minimum Gasteiger partial charge on any atom is -0.497 e. The van der Waals surface area contributed by atoms with E-state index in [0.717, 1.165) is 10.9 Å². The minimum atomic E-state index is -0.0308. The van der Waals surface area contributed by atoms with Gasteiger partial charge >= 0.3 is 0 Å². The Kier molecular flexibility index (Phi) is 4.50. The normalized spacial score (nSPS) is 26.2. The minimum absolute atomic E-state index is 0.0308. The van der Waals surface area contributed by atoms with Crippen molar-refractivity contribution in [2.24, 2.45) is 11.8 Å². The Labute approximate surface area is 122 Å². The van der Waals surface area contributed by atoms with Gasteiger partial charge in [-0.25, -0.2) is 0 Å². The van der Waals surface area contributed by atoms with Gasteiger partial charge in [0.1, 0.15) is 5.75 Å². The molecular formula is C15H20BrNO2. The number of methoxy groups -OCH3 is 1. The lowest BCUT2D eigenvalue weighted by Crippen LogP contribution is -2.37. The number of halogens is 1. The number of benzene rings is 1. The van der Waals surface area contributed by atoms with Crippen LogP contribution in [-0.4, -0.2) is 19.1 Å². The number of hydrogen-bond acceptors (Lipinski definition) is 2. The van der Waals surface area contributed by atoms with Crippen LogP contribution >= 0.6 is 15.9 Å². The topological polar surface area (TPSA) is 38.3 Å². The van der Waals surface area contributed by atoms with Gasteiger partial charge in [-0.15, -0.1) is 0 Å². The van der Waals surface area contributed by atoms with E-state index < -0.39 is 0 Å². The van der Waals surface area contributed by atoms with E-state index in [1.807, 2.05) is 12.1 Å². The zero-order valence-electron chi connectivity index (χ0n) is 11.6. The fraction of sp³-hybridized carbons (Fsp3) is 0.533. The van der Waals surface area contributed by atoms with E-state index in [9.17, 15) is 4.79 Å². The van der Waals surface area contributed by atoms with Gasteiger partial charge in [0, 0.05) is 10.5 Å². The third-order valence-electron chi connectivity index (χ3n) is 4.20. The molecule has 0 bridgehead atoms. The Hall–Kier alpha value is -1.03. The zero-order valence-corrected chi connectivity index (χ0v) is 13.2. The maximum Gasteiger partial charge on any atom is 0.252 e. The number of carbonyl (C=O) groups excluding carboxylic acids is 1. The molecule has 1 aliphatic carbocycles. The van der Waals surface area contributed by atoms with Crippen LogP contribution in [0.2, 0.25) is 0 Å². The van der Waals surface area contributed by atoms with Crippen molar-refractivity contribution < 1.29 is 9.53 Å². The zero-order chi connectivity index (χ0) is 14.0. The van der Waals surface area contributed by atoms with Crippen LogP contribution in [0.1, 0.15) is 37.0 Å². The Morgan fingerprint density at radius 1 is 1.37 bits per heavy atom. The van der Waals surface area contributed by atoms with Gasteiger partial charge in [-0.2, -0.15) is 0 Å². The first kappa shape index (κ1) is 14.4. The maximum atomic E-state index is 12.3. The molecule has 1 fully saturated rings. The number of rotatable bonds is 3. The van der Waals surface area contributed by atoms with Crippen LogP contribution < -0.4 is 10.1 Å². The SMILES string of the molecule is COc1ccc(Br)c(C(=O)NC2CCC(C)C2C)c1. The summed E-state index contributed by atoms with van der Waals surface area (Å²) >= 11 is 3.42. The van der Waals surface area contributed by atoms with E-state index in [1.165, 1.54) is 6.42 Å². The lowest BCUT2D eigenvalue weighted by Gasteiger charge is -2.20. The summed E-state index contributed by atoms with van der Waals surface area (Å²) in [6.07, 6.45) is 2.25. The molecule has 3 nitrogen and oxygen atoms in total. The first-order valence-corrected chi connectivity index (χ1v) is 7.46. The molecule has 1 N–H and O–H groups in total. The molecule has 1 aromatic carbocycles. The molecule has 2 rings (SSSR count). The van der Waals surface area contributed by atoms with Gasteiger partial charge in [-0.1, -0.05) is 13.8 Å². The Balaban J connectivity index is 2.12. The van der Waals surface area contributed by atoms with Crippen molar-refractivity contribution in [1.29, 1.82) is 0 Å². The first-order chi connectivity index (χ1) is 9.02. The fourth-order valence-electron chi connectivity index (χ4n) is 2.62. The van der Waals surface area contributed by atoms with Crippen LogP contribution in [-0.2, 0) is 0 Å². The molecule has 3 atom stereocenters. The van der Waals surface area contributed by atoms with E-state index in [4.69, 9.17) is 4.74 Å². The van der Waals surface area contributed by atoms with Crippen LogP contribution in [0, 0.1) is 11.8 Å². The van der Waals surface area contributed by atoms with Gasteiger partial charge in [-0.05, 0) is 58.8 Å². The Morgan fingerprint density at radius 2 is 2.11 bits per heavy atom. The molecule has 0 heterocycles. The van der Waals surface area contributed by atoms with E-state index in [1.54, 1.807) is 13.2 Å². The molecule has 1 saturated carbocycles. The summed E-state index contributed by atoms with van der Waals surface area (Å²) in [5.74, 6) is 1.88. The van der Waals surface area contributed by atoms with E-state index in [2.05, 4.69) is 35.1 Å². The van der Waals surface area contributed by atoms with Gasteiger partial charge in [0.15, 0.2) is 0 Å². The third kappa shape index (κ3) is 3.11. The molecule has 0 aliphatic heterocycles. The second-order valence-corrected chi connectivity index (χ2v) is 6.19. The predicted molar refractivity (Wildman–Crippen MR) is 79.5 cm³/mol. The summed E-state index contributed by atoms with van der Waals surface area (Å²) in [7, 11) is 1.60. The van der Waals surface area contributed by atoms with Crippen LogP contribution in [0.15, 0.2) is 22.7 Å². The number of ether oxygens (including phenoxy) is 1. The molecular weight excluding hydrogens is 306 g/mol. The highest BCUT2D eigenvalue weighted by molar-refractivity contribution is 9.10. The van der Waals surface area contributed by atoms with E-state index >= 15 is 0 Å². The molecule has 1 aromatic rings. The van der Waals surface area contributed by atoms with E-state index in [0.29, 0.717) is 23.1 Å². The molecule has 4 heteroatoms. The summed E-state index contributed by atoms with van der Waals surface area (Å²) in [5.41, 5.74) is 0.631. The molecule has 0 spiro atoms. The van der Waals surface area contributed by atoms with Gasteiger partial charge < -0.3 is 10.1 Å². The largest absolute Gasteiger partial charge is 0.497 e. The molecule has 19 heavy (non-hydrogen) atoms. The number of carbonyl (C=O) groups is 1. The van der Waals surface area contributed by atoms with Crippen LogP contribution in [0.25, 0.3) is 0 Å². The average Bonchev–Trinajstić information content (AvgIpc) is 2.71. The van der Waals surface area contributed by atoms with Crippen molar-refractivity contribution in [3.8, 4) is 5.75 Å². The second-order valence-electron chi connectivity index (χ2n) is 5.34. The van der Waals surface area contributed by atoms with E-state index in [-0.39, 0.29) is 11.9 Å². The van der Waals surface area contributed by atoms with Gasteiger partial charge in [0.05, 0.1) is 12.7 Å². The molecule has 1 aliphatic rings. The summed E-state index contributed by atoms with van der Waals surface area (Å²) in [5, 5.41) is 3.14. The number of nitrogens with one attached hydrogen (secondary N) is 1. The Morgan fingerprint density at radius 3 is 2.68 bits per heavy atom. The van der Waals surface area contributed by atoms with Gasteiger partial charge in [0.25, 0.3) is 5.91 Å². The van der Waals surface area contributed by atoms with Crippen molar-refractivity contribution in [2.75, 3.05) is 7.11 Å². The van der Waals surface area contributed by atoms with Gasteiger partial charge in [-0.3, -0.25) is 4.79 Å². The molecule has 3 unspecified atom stereocenters. The lowest BCUT2D eigenvalue weighted by molar-refractivity contribution is 0.0926. The molecule has 104 valence electrons. The third-order valence-corrected chi connectivity index (χ3v) is 4.89.